The zero-order valence-electron chi connectivity index (χ0n) is 8.79. The lowest BCUT2D eigenvalue weighted by Gasteiger charge is -2.12. The number of nitrogens with zero attached hydrogens (tertiary/aromatic N) is 1. The van der Waals surface area contributed by atoms with Crippen LogP contribution < -0.4 is 0 Å². The maximum absolute atomic E-state index is 3.47. The Kier molecular flexibility index (Phi) is 4.54. The second kappa shape index (κ2) is 5.92. The monoisotopic (exact) mass is 285 g/mol. The average molecular weight is 286 g/mol. The van der Waals surface area contributed by atoms with E-state index in [2.05, 4.69) is 44.5 Å². The van der Waals surface area contributed by atoms with Gasteiger partial charge in [0, 0.05) is 23.3 Å². The van der Waals surface area contributed by atoms with E-state index < -0.39 is 0 Å². The molecule has 1 heterocycles. The van der Waals surface area contributed by atoms with E-state index in [1.807, 2.05) is 11.9 Å². The topological polar surface area (TPSA) is 3.24 Å². The number of halogens is 1. The van der Waals surface area contributed by atoms with Crippen molar-refractivity contribution in [3.8, 4) is 0 Å². The highest BCUT2D eigenvalue weighted by molar-refractivity contribution is 9.09. The number of hydrogen-bond donors (Lipinski definition) is 0. The molecule has 1 aliphatic heterocycles. The minimum Gasteiger partial charge on any atom is -0.242 e. The van der Waals surface area contributed by atoms with E-state index >= 15 is 0 Å². The first-order valence-corrected chi connectivity index (χ1v) is 7.36. The lowest BCUT2D eigenvalue weighted by molar-refractivity contribution is 0.457. The van der Waals surface area contributed by atoms with Crippen LogP contribution in [0, 0.1) is 0 Å². The van der Waals surface area contributed by atoms with E-state index in [-0.39, 0.29) is 0 Å². The molecule has 1 aliphatic rings. The van der Waals surface area contributed by atoms with Gasteiger partial charge in [-0.1, -0.05) is 40.5 Å². The molecule has 1 aromatic rings. The molecule has 0 unspecified atom stereocenters. The van der Waals surface area contributed by atoms with E-state index in [0.29, 0.717) is 0 Å². The number of hydrogen-bond acceptors (Lipinski definition) is 2. The van der Waals surface area contributed by atoms with Gasteiger partial charge in [-0.05, 0) is 36.4 Å². The fraction of sp³-hybridized carbons (Fsp3) is 0.500. The maximum Gasteiger partial charge on any atom is 0.0355 e. The van der Waals surface area contributed by atoms with Gasteiger partial charge in [0.05, 0.1) is 0 Å². The molecule has 0 saturated heterocycles. The Balaban J connectivity index is 1.76. The van der Waals surface area contributed by atoms with Gasteiger partial charge in [0.1, 0.15) is 0 Å². The summed E-state index contributed by atoms with van der Waals surface area (Å²) < 4.78 is 2.47. The first kappa shape index (κ1) is 11.5. The lowest BCUT2D eigenvalue weighted by atomic mass is 10.2. The average Bonchev–Trinajstić information content (AvgIpc) is 2.67. The highest BCUT2D eigenvalue weighted by Gasteiger charge is 2.18. The van der Waals surface area contributed by atoms with Crippen molar-refractivity contribution in [2.45, 2.75) is 30.7 Å². The molecule has 0 aromatic heterocycles. The van der Waals surface area contributed by atoms with Crippen LogP contribution in [0.1, 0.15) is 24.8 Å². The van der Waals surface area contributed by atoms with Crippen molar-refractivity contribution in [1.82, 2.24) is 4.31 Å². The van der Waals surface area contributed by atoms with Gasteiger partial charge in [-0.25, -0.2) is 4.31 Å². The molecule has 3 heteroatoms. The summed E-state index contributed by atoms with van der Waals surface area (Å²) in [6.45, 7) is 2.33. The third-order valence-corrected chi connectivity index (χ3v) is 4.31. The zero-order valence-corrected chi connectivity index (χ0v) is 11.2. The molecule has 0 N–H and O–H groups in total. The summed E-state index contributed by atoms with van der Waals surface area (Å²) >= 11 is 5.38. The van der Waals surface area contributed by atoms with Crippen molar-refractivity contribution in [3.63, 3.8) is 0 Å². The van der Waals surface area contributed by atoms with Crippen LogP contribution in [0.15, 0.2) is 29.2 Å². The van der Waals surface area contributed by atoms with Crippen molar-refractivity contribution >= 4 is 27.9 Å². The third kappa shape index (κ3) is 3.23. The summed E-state index contributed by atoms with van der Waals surface area (Å²) in [6, 6.07) is 8.72. The molecule has 82 valence electrons. The maximum atomic E-state index is 3.47. The Morgan fingerprint density at radius 2 is 2.07 bits per heavy atom. The zero-order chi connectivity index (χ0) is 10.5. The van der Waals surface area contributed by atoms with Crippen LogP contribution in [0.5, 0.6) is 0 Å². The Morgan fingerprint density at radius 1 is 1.20 bits per heavy atom. The number of rotatable bonds is 5. The Labute approximate surface area is 105 Å². The third-order valence-electron chi connectivity index (χ3n) is 2.59. The molecular weight excluding hydrogens is 270 g/mol. The molecular formula is C12H16BrNS. The van der Waals surface area contributed by atoms with Crippen LogP contribution >= 0.6 is 27.9 Å². The standard InChI is InChI=1S/C12H16BrNS/c13-8-4-1-5-9-14-10-11-6-2-3-7-12(11)15-14/h2-3,6-7H,1,4-5,8-10H2. The SMILES string of the molecule is BrCCCCCN1Cc2ccccc2S1. The Hall–Kier alpha value is 0.01000. The van der Waals surface area contributed by atoms with E-state index in [1.165, 1.54) is 36.3 Å². The van der Waals surface area contributed by atoms with Gasteiger partial charge >= 0.3 is 0 Å². The first-order valence-electron chi connectivity index (χ1n) is 5.47. The van der Waals surface area contributed by atoms with Gasteiger partial charge in [0.15, 0.2) is 0 Å². The van der Waals surface area contributed by atoms with Crippen LogP contribution in [0.25, 0.3) is 0 Å². The largest absolute Gasteiger partial charge is 0.242 e. The molecule has 0 saturated carbocycles. The van der Waals surface area contributed by atoms with Gasteiger partial charge < -0.3 is 0 Å². The molecule has 0 spiro atoms. The van der Waals surface area contributed by atoms with Crippen molar-refractivity contribution in [2.75, 3.05) is 11.9 Å². The minimum atomic E-state index is 1.12. The molecule has 1 aromatic carbocycles. The van der Waals surface area contributed by atoms with Crippen molar-refractivity contribution < 1.29 is 0 Å². The molecule has 1 nitrogen and oxygen atoms in total. The van der Waals surface area contributed by atoms with Gasteiger partial charge in [0.2, 0.25) is 0 Å². The summed E-state index contributed by atoms with van der Waals surface area (Å²) in [4.78, 5) is 1.44. The molecule has 0 bridgehead atoms. The normalized spacial score (nSPS) is 15.5. The Morgan fingerprint density at radius 3 is 2.87 bits per heavy atom. The second-order valence-corrected chi connectivity index (χ2v) is 5.74. The van der Waals surface area contributed by atoms with E-state index in [4.69, 9.17) is 0 Å². The van der Waals surface area contributed by atoms with Crippen LogP contribution in [-0.2, 0) is 6.54 Å². The lowest BCUT2D eigenvalue weighted by Crippen LogP contribution is -2.11. The molecule has 15 heavy (non-hydrogen) atoms. The Bertz CT molecular complexity index is 291. The summed E-state index contributed by atoms with van der Waals surface area (Å²) in [6.07, 6.45) is 3.94. The van der Waals surface area contributed by atoms with Crippen molar-refractivity contribution in [1.29, 1.82) is 0 Å². The van der Waals surface area contributed by atoms with Gasteiger partial charge in [-0.3, -0.25) is 0 Å². The molecule has 0 amide bonds. The number of unbranched alkanes of at least 4 members (excludes halogenated alkanes) is 2. The molecule has 0 fully saturated rings. The fourth-order valence-electron chi connectivity index (χ4n) is 1.77. The predicted octanol–water partition coefficient (Wildman–Crippen LogP) is 4.07. The van der Waals surface area contributed by atoms with Crippen molar-refractivity contribution in [2.24, 2.45) is 0 Å². The summed E-state index contributed by atoms with van der Waals surface area (Å²) in [5.41, 5.74) is 1.49. The van der Waals surface area contributed by atoms with Gasteiger partial charge in [-0.15, -0.1) is 0 Å². The highest BCUT2D eigenvalue weighted by atomic mass is 79.9. The minimum absolute atomic E-state index is 1.12. The predicted molar refractivity (Wildman–Crippen MR) is 70.4 cm³/mol. The van der Waals surface area contributed by atoms with Crippen LogP contribution in [0.2, 0.25) is 0 Å². The van der Waals surface area contributed by atoms with E-state index in [1.54, 1.807) is 0 Å². The van der Waals surface area contributed by atoms with Gasteiger partial charge in [-0.2, -0.15) is 0 Å². The molecule has 0 atom stereocenters. The van der Waals surface area contributed by atoms with Gasteiger partial charge in [0.25, 0.3) is 0 Å². The highest BCUT2D eigenvalue weighted by Crippen LogP contribution is 2.35. The number of fused-ring (bicyclic) bond motifs is 1. The van der Waals surface area contributed by atoms with Crippen LogP contribution in [-0.4, -0.2) is 16.2 Å². The molecule has 0 aliphatic carbocycles. The first-order chi connectivity index (χ1) is 7.40. The quantitative estimate of drug-likeness (QED) is 0.456. The van der Waals surface area contributed by atoms with Crippen LogP contribution in [0.3, 0.4) is 0 Å². The van der Waals surface area contributed by atoms with Crippen LogP contribution in [0.4, 0.5) is 0 Å². The molecule has 2 rings (SSSR count). The number of alkyl halides is 1. The number of benzene rings is 1. The van der Waals surface area contributed by atoms with E-state index in [9.17, 15) is 0 Å². The summed E-state index contributed by atoms with van der Waals surface area (Å²) in [5, 5.41) is 1.14. The van der Waals surface area contributed by atoms with Crippen molar-refractivity contribution in [3.05, 3.63) is 29.8 Å². The summed E-state index contributed by atoms with van der Waals surface area (Å²) in [5.74, 6) is 0. The molecule has 0 radical (unpaired) electrons. The van der Waals surface area contributed by atoms with E-state index in [0.717, 1.165) is 11.9 Å². The smallest absolute Gasteiger partial charge is 0.0355 e. The second-order valence-electron chi connectivity index (χ2n) is 3.81. The summed E-state index contributed by atoms with van der Waals surface area (Å²) in [7, 11) is 0. The fourth-order valence-corrected chi connectivity index (χ4v) is 3.26.